The van der Waals surface area contributed by atoms with E-state index in [4.69, 9.17) is 4.74 Å². The molecule has 0 aliphatic heterocycles. The highest BCUT2D eigenvalue weighted by Gasteiger charge is 2.16. The van der Waals surface area contributed by atoms with Crippen molar-refractivity contribution in [1.29, 1.82) is 0 Å². The molecule has 0 spiro atoms. The predicted molar refractivity (Wildman–Crippen MR) is 72.1 cm³/mol. The summed E-state index contributed by atoms with van der Waals surface area (Å²) in [5.74, 6) is -0.173. The number of aromatic hydroxyl groups is 1. The van der Waals surface area contributed by atoms with E-state index in [0.29, 0.717) is 5.57 Å². The van der Waals surface area contributed by atoms with Gasteiger partial charge in [-0.25, -0.2) is 0 Å². The van der Waals surface area contributed by atoms with Crippen molar-refractivity contribution in [3.8, 4) is 11.5 Å². The van der Waals surface area contributed by atoms with Gasteiger partial charge in [0.15, 0.2) is 17.3 Å². The van der Waals surface area contributed by atoms with Crippen LogP contribution >= 0.6 is 0 Å². The second kappa shape index (κ2) is 6.45. The van der Waals surface area contributed by atoms with E-state index in [1.807, 2.05) is 13.0 Å². The van der Waals surface area contributed by atoms with Crippen molar-refractivity contribution in [1.82, 2.24) is 0 Å². The van der Waals surface area contributed by atoms with Gasteiger partial charge < -0.3 is 9.84 Å². The second-order valence-electron chi connectivity index (χ2n) is 3.54. The number of phenolic OH excluding ortho intramolecular Hbond substituents is 1. The average Bonchev–Trinajstić information content (AvgIpc) is 2.39. The molecule has 94 valence electrons. The topological polar surface area (TPSA) is 46.5 Å². The van der Waals surface area contributed by atoms with Gasteiger partial charge in [0.25, 0.3) is 0 Å². The van der Waals surface area contributed by atoms with Crippen LogP contribution in [0.5, 0.6) is 11.5 Å². The molecule has 1 N–H and O–H groups in total. The van der Waals surface area contributed by atoms with Crippen molar-refractivity contribution in [2.45, 2.75) is 6.92 Å². The molecule has 1 rings (SSSR count). The van der Waals surface area contributed by atoms with Crippen LogP contribution in [0.3, 0.4) is 0 Å². The Morgan fingerprint density at radius 3 is 2.72 bits per heavy atom. The molecule has 0 aliphatic rings. The summed E-state index contributed by atoms with van der Waals surface area (Å²) >= 11 is 0. The lowest BCUT2D eigenvalue weighted by Crippen LogP contribution is -2.02. The third kappa shape index (κ3) is 2.88. The number of allylic oxidation sites excluding steroid dienone is 5. The minimum absolute atomic E-state index is 0.154. The van der Waals surface area contributed by atoms with Gasteiger partial charge in [-0.05, 0) is 19.1 Å². The Balaban J connectivity index is 3.22. The van der Waals surface area contributed by atoms with Crippen LogP contribution in [0.2, 0.25) is 0 Å². The number of hydrogen-bond acceptors (Lipinski definition) is 3. The van der Waals surface area contributed by atoms with Crippen LogP contribution in [0.15, 0.2) is 54.7 Å². The number of Topliss-reactive ketones (excluding diaryl/α,β-unsaturated/α-hetero) is 1. The van der Waals surface area contributed by atoms with E-state index in [0.717, 1.165) is 0 Å². The maximum Gasteiger partial charge on any atom is 0.196 e. The molecule has 18 heavy (non-hydrogen) atoms. The fourth-order valence-electron chi connectivity index (χ4n) is 1.46. The Hall–Kier alpha value is -2.29. The number of hydrogen-bond donors (Lipinski definition) is 1. The van der Waals surface area contributed by atoms with Crippen LogP contribution in [0, 0.1) is 0 Å². The molecule has 0 bridgehead atoms. The SMILES string of the molecule is C=C/C(=C\C=C/C)C(=O)c1cccc(OC)c1O. The Bertz CT molecular complexity index is 510. The zero-order chi connectivity index (χ0) is 13.5. The zero-order valence-corrected chi connectivity index (χ0v) is 10.5. The molecule has 0 saturated heterocycles. The van der Waals surface area contributed by atoms with Crippen molar-refractivity contribution in [3.63, 3.8) is 0 Å². The van der Waals surface area contributed by atoms with Crippen molar-refractivity contribution in [3.05, 3.63) is 60.2 Å². The molecular formula is C15H16O3. The molecule has 0 amide bonds. The minimum Gasteiger partial charge on any atom is -0.504 e. The number of para-hydroxylation sites is 1. The summed E-state index contributed by atoms with van der Waals surface area (Å²) in [5, 5.41) is 9.90. The van der Waals surface area contributed by atoms with Gasteiger partial charge in [0.05, 0.1) is 12.7 Å². The lowest BCUT2D eigenvalue weighted by Gasteiger charge is -2.08. The first kappa shape index (κ1) is 13.8. The number of benzene rings is 1. The van der Waals surface area contributed by atoms with Gasteiger partial charge >= 0.3 is 0 Å². The van der Waals surface area contributed by atoms with Crippen molar-refractivity contribution in [2.24, 2.45) is 0 Å². The third-order valence-corrected chi connectivity index (χ3v) is 2.41. The standard InChI is InChI=1S/C15H16O3/c1-4-6-8-11(5-2)14(16)12-9-7-10-13(18-3)15(12)17/h4-10,17H,2H2,1,3H3/b6-4-,11-8+. The van der Waals surface area contributed by atoms with Gasteiger partial charge in [-0.3, -0.25) is 4.79 Å². The molecule has 0 heterocycles. The van der Waals surface area contributed by atoms with Crippen LogP contribution in [0.1, 0.15) is 17.3 Å². The molecule has 3 nitrogen and oxygen atoms in total. The van der Waals surface area contributed by atoms with Crippen LogP contribution in [0.4, 0.5) is 0 Å². The van der Waals surface area contributed by atoms with E-state index in [1.54, 1.807) is 30.4 Å². The van der Waals surface area contributed by atoms with Crippen LogP contribution in [-0.4, -0.2) is 18.0 Å². The number of phenols is 1. The zero-order valence-electron chi connectivity index (χ0n) is 10.5. The molecule has 0 atom stereocenters. The van der Waals surface area contributed by atoms with Crippen LogP contribution in [-0.2, 0) is 0 Å². The number of carbonyl (C=O) groups excluding carboxylic acids is 1. The quantitative estimate of drug-likeness (QED) is 0.491. The number of methoxy groups -OCH3 is 1. The highest BCUT2D eigenvalue weighted by atomic mass is 16.5. The minimum atomic E-state index is -0.292. The van der Waals surface area contributed by atoms with Gasteiger partial charge in [0, 0.05) is 5.57 Å². The predicted octanol–water partition coefficient (Wildman–Crippen LogP) is 3.27. The molecule has 0 aromatic heterocycles. The molecule has 0 radical (unpaired) electrons. The Kier molecular flexibility index (Phi) is 4.93. The number of ketones is 1. The van der Waals surface area contributed by atoms with Gasteiger partial charge in [-0.1, -0.05) is 36.9 Å². The number of carbonyl (C=O) groups is 1. The maximum absolute atomic E-state index is 12.2. The molecule has 1 aromatic carbocycles. The molecule has 0 saturated carbocycles. The van der Waals surface area contributed by atoms with E-state index < -0.39 is 0 Å². The second-order valence-corrected chi connectivity index (χ2v) is 3.54. The lowest BCUT2D eigenvalue weighted by atomic mass is 10.0. The Morgan fingerprint density at radius 2 is 2.17 bits per heavy atom. The number of ether oxygens (including phenoxy) is 1. The van der Waals surface area contributed by atoms with Gasteiger partial charge in [-0.15, -0.1) is 0 Å². The van der Waals surface area contributed by atoms with Crippen LogP contribution < -0.4 is 4.74 Å². The molecule has 3 heteroatoms. The van der Waals surface area contributed by atoms with Crippen molar-refractivity contribution in [2.75, 3.05) is 7.11 Å². The lowest BCUT2D eigenvalue weighted by molar-refractivity contribution is 0.103. The first-order valence-corrected chi connectivity index (χ1v) is 5.51. The third-order valence-electron chi connectivity index (χ3n) is 2.41. The van der Waals surface area contributed by atoms with E-state index >= 15 is 0 Å². The molecule has 0 fully saturated rings. The van der Waals surface area contributed by atoms with Crippen LogP contribution in [0.25, 0.3) is 0 Å². The molecule has 1 aromatic rings. The summed E-state index contributed by atoms with van der Waals surface area (Å²) < 4.78 is 4.97. The highest BCUT2D eigenvalue weighted by molar-refractivity contribution is 6.12. The maximum atomic E-state index is 12.2. The summed E-state index contributed by atoms with van der Waals surface area (Å²) in [6.45, 7) is 5.45. The normalized spacial score (nSPS) is 11.6. The fourth-order valence-corrected chi connectivity index (χ4v) is 1.46. The van der Waals surface area contributed by atoms with Gasteiger partial charge in [0.2, 0.25) is 0 Å². The Morgan fingerprint density at radius 1 is 1.44 bits per heavy atom. The molecule has 0 unspecified atom stereocenters. The summed E-state index contributed by atoms with van der Waals surface area (Å²) in [7, 11) is 1.44. The van der Waals surface area contributed by atoms with E-state index in [1.165, 1.54) is 13.2 Å². The average molecular weight is 244 g/mol. The van der Waals surface area contributed by atoms with Crippen molar-refractivity contribution < 1.29 is 14.6 Å². The summed E-state index contributed by atoms with van der Waals surface area (Å²) in [5.41, 5.74) is 0.613. The van der Waals surface area contributed by atoms with Gasteiger partial charge in [0.1, 0.15) is 0 Å². The molecular weight excluding hydrogens is 228 g/mol. The van der Waals surface area contributed by atoms with E-state index in [2.05, 4.69) is 6.58 Å². The first-order valence-electron chi connectivity index (χ1n) is 5.51. The monoisotopic (exact) mass is 244 g/mol. The largest absolute Gasteiger partial charge is 0.504 e. The Labute approximate surface area is 107 Å². The summed E-state index contributed by atoms with van der Waals surface area (Å²) in [6, 6.07) is 4.80. The van der Waals surface area contributed by atoms with Gasteiger partial charge in [-0.2, -0.15) is 0 Å². The van der Waals surface area contributed by atoms with Crippen molar-refractivity contribution >= 4 is 5.78 Å². The highest BCUT2D eigenvalue weighted by Crippen LogP contribution is 2.30. The number of rotatable bonds is 5. The van der Waals surface area contributed by atoms with E-state index in [9.17, 15) is 9.90 Å². The molecule has 0 aliphatic carbocycles. The first-order chi connectivity index (χ1) is 8.65. The fraction of sp³-hybridized carbons (Fsp3) is 0.133. The smallest absolute Gasteiger partial charge is 0.196 e. The summed E-state index contributed by atoms with van der Waals surface area (Å²) in [4.78, 5) is 12.2. The van der Waals surface area contributed by atoms with E-state index in [-0.39, 0.29) is 22.8 Å². The summed E-state index contributed by atoms with van der Waals surface area (Å²) in [6.07, 6.45) is 6.66.